The molecule has 2 heterocycles. The molecule has 0 atom stereocenters. The zero-order chi connectivity index (χ0) is 61.9. The largest absolute Gasteiger partial charge is 0.309 e. The van der Waals surface area contributed by atoms with E-state index in [1.54, 1.807) is 6.08 Å². The van der Waals surface area contributed by atoms with E-state index in [0.717, 1.165) is 61.3 Å². The first kappa shape index (κ1) is 58.8. The van der Waals surface area contributed by atoms with Gasteiger partial charge in [0.05, 0.1) is 11.0 Å². The fraction of sp³-hybridized carbons (Fsp3) is 0.0349. The number of nitrogens with zero attached hydrogens (tertiary/aromatic N) is 4. The van der Waals surface area contributed by atoms with Gasteiger partial charge in [-0.25, -0.2) is 15.0 Å². The van der Waals surface area contributed by atoms with Gasteiger partial charge >= 0.3 is 0 Å². The van der Waals surface area contributed by atoms with Gasteiger partial charge in [-0.3, -0.25) is 0 Å². The summed E-state index contributed by atoms with van der Waals surface area (Å²) in [6.45, 7) is 9.25. The zero-order valence-electron chi connectivity index (χ0n) is 51.3. The highest BCUT2D eigenvalue weighted by Gasteiger charge is 2.33. The van der Waals surface area contributed by atoms with Crippen molar-refractivity contribution in [2.24, 2.45) is 0 Å². The Kier molecular flexibility index (Phi) is 17.4. The van der Waals surface area contributed by atoms with E-state index < -0.39 is 10.0 Å². The number of fused-ring (bicyclic) bond motifs is 3. The second kappa shape index (κ2) is 27.0. The van der Waals surface area contributed by atoms with E-state index in [9.17, 15) is 0 Å². The minimum atomic E-state index is -1.86. The zero-order valence-corrected chi connectivity index (χ0v) is 52.1. The van der Waals surface area contributed by atoms with Crippen molar-refractivity contribution in [3.8, 4) is 95.5 Å². The molecule has 15 aromatic rings. The summed E-state index contributed by atoms with van der Waals surface area (Å²) in [6, 6.07) is 122. The SMILES string of the molecule is C=CC.CC.c1ccc(-c2cccc(-c3ccc(-c4nc(-c5ccc(-c6cccc(-c7cccc(S(c8ccccc8)(c8ccccc8)c8ccccc8)c7)c6)cc5)nc(-c5cccc(-c6cccc(-n7c8ccccc8c8ccccc87)c6)c5)n4)cc3)c2)cc1. The molecule has 0 amide bonds. The van der Waals surface area contributed by atoms with E-state index in [0.29, 0.717) is 17.5 Å². The molecule has 4 nitrogen and oxygen atoms in total. The molecule has 0 radical (unpaired) electrons. The Morgan fingerprint density at radius 2 is 0.538 bits per heavy atom. The van der Waals surface area contributed by atoms with Crippen LogP contribution in [0.4, 0.5) is 0 Å². The van der Waals surface area contributed by atoms with Gasteiger partial charge in [0.25, 0.3) is 0 Å². The molecule has 438 valence electrons. The average molecular weight is 1190 g/mol. The first-order chi connectivity index (χ1) is 45.0. The lowest BCUT2D eigenvalue weighted by atomic mass is 9.98. The Labute approximate surface area is 536 Å². The summed E-state index contributed by atoms with van der Waals surface area (Å²) < 4.78 is 2.37. The molecule has 0 aliphatic carbocycles. The normalized spacial score (nSPS) is 11.2. The molecular weight excluding hydrogens is 1120 g/mol. The number of hydrogen-bond donors (Lipinski definition) is 0. The number of rotatable bonds is 13. The van der Waals surface area contributed by atoms with Crippen LogP contribution in [-0.2, 0) is 0 Å². The standard InChI is InChI=1S/C81H56N4S.C3H6.C2H6/c1-5-22-57(23-6-1)62-24-17-25-63(52-62)58-44-48-60(49-45-58)79-82-80(84-81(83-79)69-31-19-28-66(54-69)67-29-20-32-70(55-67)85-77-42-15-13-40-75(77)76-41-14-16-43-78(76)85)61-50-46-59(47-51-61)64-26-18-27-65(53-64)68-30-21-39-74(56-68)86(71-33-7-2-8-34-71,72-35-9-3-10-36-72)73-37-11-4-12-38-73;1-3-2;1-2/h1-56H;3H,1H2,2H3;1-2H3. The predicted molar refractivity (Wildman–Crippen MR) is 385 cm³/mol. The lowest BCUT2D eigenvalue weighted by Crippen LogP contribution is -2.05. The lowest BCUT2D eigenvalue weighted by Gasteiger charge is -2.42. The summed E-state index contributed by atoms with van der Waals surface area (Å²) in [7, 11) is -1.86. The predicted octanol–water partition coefficient (Wildman–Crippen LogP) is 23.9. The first-order valence-corrected chi connectivity index (χ1v) is 32.7. The van der Waals surface area contributed by atoms with Crippen LogP contribution in [0.25, 0.3) is 117 Å². The third-order valence-electron chi connectivity index (χ3n) is 16.4. The maximum atomic E-state index is 5.29. The van der Waals surface area contributed by atoms with Gasteiger partial charge in [-0.15, -0.1) is 16.6 Å². The number of para-hydroxylation sites is 2. The summed E-state index contributed by atoms with van der Waals surface area (Å²) in [5, 5.41) is 2.47. The van der Waals surface area contributed by atoms with Gasteiger partial charge < -0.3 is 4.57 Å². The third-order valence-corrected chi connectivity index (χ3v) is 20.3. The molecular formula is C86H68N4S. The van der Waals surface area contributed by atoms with E-state index in [-0.39, 0.29) is 0 Å². The second-order valence-electron chi connectivity index (χ2n) is 22.0. The Morgan fingerprint density at radius 3 is 0.978 bits per heavy atom. The van der Waals surface area contributed by atoms with E-state index in [1.165, 1.54) is 58.1 Å². The number of aromatic nitrogens is 4. The molecule has 0 aliphatic heterocycles. The summed E-state index contributed by atoms with van der Waals surface area (Å²) in [5.41, 5.74) is 17.5. The summed E-state index contributed by atoms with van der Waals surface area (Å²) in [5.74, 6) is 1.80. The van der Waals surface area contributed by atoms with Crippen molar-refractivity contribution in [2.45, 2.75) is 40.4 Å². The molecule has 0 unspecified atom stereocenters. The van der Waals surface area contributed by atoms with Crippen LogP contribution in [0.3, 0.4) is 0 Å². The Hall–Kier alpha value is -11.2. The quantitative estimate of drug-likeness (QED) is 0.108. The van der Waals surface area contributed by atoms with Crippen LogP contribution < -0.4 is 0 Å². The Morgan fingerprint density at radius 1 is 0.264 bits per heavy atom. The highest BCUT2D eigenvalue weighted by Crippen LogP contribution is 2.73. The van der Waals surface area contributed by atoms with Crippen molar-refractivity contribution < 1.29 is 0 Å². The number of allylic oxidation sites excluding steroid dienone is 1. The molecule has 13 aromatic carbocycles. The Bertz CT molecular complexity index is 4810. The molecule has 0 spiro atoms. The van der Waals surface area contributed by atoms with E-state index >= 15 is 0 Å². The fourth-order valence-corrected chi connectivity index (χ4v) is 16.1. The lowest BCUT2D eigenvalue weighted by molar-refractivity contribution is 1.07. The molecule has 0 N–H and O–H groups in total. The minimum Gasteiger partial charge on any atom is -0.309 e. The number of hydrogen-bond acceptors (Lipinski definition) is 3. The van der Waals surface area contributed by atoms with Gasteiger partial charge in [0.15, 0.2) is 17.5 Å². The summed E-state index contributed by atoms with van der Waals surface area (Å²) in [6.07, 6.45) is 1.75. The number of benzene rings is 13. The second-order valence-corrected chi connectivity index (χ2v) is 25.1. The van der Waals surface area contributed by atoms with Crippen LogP contribution in [-0.4, -0.2) is 19.5 Å². The molecule has 5 heteroatoms. The highest BCUT2D eigenvalue weighted by atomic mass is 32.3. The van der Waals surface area contributed by atoms with Crippen LogP contribution in [0.5, 0.6) is 0 Å². The van der Waals surface area contributed by atoms with E-state index in [1.807, 2.05) is 20.8 Å². The van der Waals surface area contributed by atoms with Gasteiger partial charge in [-0.05, 0) is 154 Å². The Balaban J connectivity index is 0.00000147. The van der Waals surface area contributed by atoms with Crippen molar-refractivity contribution in [3.63, 3.8) is 0 Å². The van der Waals surface area contributed by atoms with Crippen molar-refractivity contribution in [1.29, 1.82) is 0 Å². The van der Waals surface area contributed by atoms with Crippen molar-refractivity contribution >= 4 is 31.8 Å². The molecule has 0 fully saturated rings. The molecule has 15 rings (SSSR count). The molecule has 91 heavy (non-hydrogen) atoms. The molecule has 2 aromatic heterocycles. The smallest absolute Gasteiger partial charge is 0.164 e. The van der Waals surface area contributed by atoms with Crippen molar-refractivity contribution in [3.05, 3.63) is 352 Å². The molecule has 0 aliphatic rings. The maximum absolute atomic E-state index is 5.29. The van der Waals surface area contributed by atoms with Gasteiger partial charge in [0.2, 0.25) is 0 Å². The van der Waals surface area contributed by atoms with Crippen molar-refractivity contribution in [1.82, 2.24) is 19.5 Å². The molecule has 0 saturated carbocycles. The van der Waals surface area contributed by atoms with Crippen molar-refractivity contribution in [2.75, 3.05) is 0 Å². The van der Waals surface area contributed by atoms with Gasteiger partial charge in [-0.2, -0.15) is 0 Å². The van der Waals surface area contributed by atoms with Crippen LogP contribution >= 0.6 is 10.0 Å². The van der Waals surface area contributed by atoms with E-state index in [4.69, 9.17) is 15.0 Å². The van der Waals surface area contributed by atoms with Crippen LogP contribution in [0.15, 0.2) is 372 Å². The van der Waals surface area contributed by atoms with Gasteiger partial charge in [0.1, 0.15) is 0 Å². The topological polar surface area (TPSA) is 43.6 Å². The summed E-state index contributed by atoms with van der Waals surface area (Å²) in [4.78, 5) is 21.0. The van der Waals surface area contributed by atoms with Gasteiger partial charge in [-0.1, -0.05) is 269 Å². The highest BCUT2D eigenvalue weighted by molar-refractivity contribution is 8.34. The minimum absolute atomic E-state index is 0.599. The van der Waals surface area contributed by atoms with E-state index in [2.05, 4.69) is 351 Å². The molecule has 0 bridgehead atoms. The first-order valence-electron chi connectivity index (χ1n) is 31.1. The summed E-state index contributed by atoms with van der Waals surface area (Å²) >= 11 is 0. The monoisotopic (exact) mass is 1190 g/mol. The van der Waals surface area contributed by atoms with Gasteiger partial charge in [0, 0.05) is 52.7 Å². The van der Waals surface area contributed by atoms with Crippen LogP contribution in [0, 0.1) is 0 Å². The average Bonchev–Trinajstić information content (AvgIpc) is 1.29. The maximum Gasteiger partial charge on any atom is 0.164 e. The molecule has 0 saturated heterocycles. The van der Waals surface area contributed by atoms with Crippen LogP contribution in [0.1, 0.15) is 20.8 Å². The van der Waals surface area contributed by atoms with Crippen LogP contribution in [0.2, 0.25) is 0 Å². The fourth-order valence-electron chi connectivity index (χ4n) is 12.2. The third kappa shape index (κ3) is 12.0.